The molecule has 2 amide bonds. The summed E-state index contributed by atoms with van der Waals surface area (Å²) in [6, 6.07) is 10.1. The average molecular weight is 359 g/mol. The number of pyridine rings is 1. The Hall–Kier alpha value is -2.77. The minimum atomic E-state index is -0.595. The largest absolute Gasteiger partial charge is 0.366 e. The van der Waals surface area contributed by atoms with E-state index in [1.165, 1.54) is 29.7 Å². The smallest absolute Gasteiger partial charge is 0.276 e. The Morgan fingerprint density at radius 2 is 1.88 bits per heavy atom. The predicted molar refractivity (Wildman–Crippen MR) is 93.3 cm³/mol. The molecular formula is C16H11ClN4O2S. The Labute approximate surface area is 146 Å². The normalized spacial score (nSPS) is 10.4. The summed E-state index contributed by atoms with van der Waals surface area (Å²) in [6.45, 7) is 0. The molecule has 0 atom stereocenters. The lowest BCUT2D eigenvalue weighted by Gasteiger charge is -2.01. The summed E-state index contributed by atoms with van der Waals surface area (Å²) in [5.41, 5.74) is 7.19. The second-order valence-electron chi connectivity index (χ2n) is 4.80. The van der Waals surface area contributed by atoms with Crippen LogP contribution in [0.4, 0.5) is 5.13 Å². The number of carbonyl (C=O) groups excluding carboxylic acids is 2. The van der Waals surface area contributed by atoms with Crippen molar-refractivity contribution in [3.05, 3.63) is 64.3 Å². The second kappa shape index (κ2) is 6.77. The molecule has 0 unspecified atom stereocenters. The van der Waals surface area contributed by atoms with Crippen molar-refractivity contribution in [2.45, 2.75) is 0 Å². The lowest BCUT2D eigenvalue weighted by Crippen LogP contribution is -2.15. The fraction of sp³-hybridized carbons (Fsp3) is 0. The molecule has 0 bridgehead atoms. The summed E-state index contributed by atoms with van der Waals surface area (Å²) in [4.78, 5) is 31.4. The van der Waals surface area contributed by atoms with Crippen LogP contribution in [0.15, 0.2) is 48.0 Å². The average Bonchev–Trinajstić information content (AvgIpc) is 3.04. The highest BCUT2D eigenvalue weighted by Crippen LogP contribution is 2.26. The van der Waals surface area contributed by atoms with Crippen molar-refractivity contribution in [2.75, 3.05) is 5.32 Å². The van der Waals surface area contributed by atoms with Crippen molar-refractivity contribution in [2.24, 2.45) is 5.73 Å². The number of rotatable bonds is 4. The number of nitrogens with one attached hydrogen (secondary N) is 1. The molecule has 120 valence electrons. The van der Waals surface area contributed by atoms with Gasteiger partial charge in [0, 0.05) is 22.2 Å². The van der Waals surface area contributed by atoms with Crippen LogP contribution in [0.3, 0.4) is 0 Å². The molecule has 8 heteroatoms. The van der Waals surface area contributed by atoms with Crippen LogP contribution in [0.2, 0.25) is 5.02 Å². The van der Waals surface area contributed by atoms with Crippen LogP contribution >= 0.6 is 22.9 Å². The van der Waals surface area contributed by atoms with Gasteiger partial charge in [-0.15, -0.1) is 11.3 Å². The number of nitrogens with zero attached hydrogens (tertiary/aromatic N) is 2. The summed E-state index contributed by atoms with van der Waals surface area (Å²) in [5, 5.41) is 5.60. The minimum absolute atomic E-state index is 0.170. The van der Waals surface area contributed by atoms with Crippen molar-refractivity contribution in [1.82, 2.24) is 9.97 Å². The van der Waals surface area contributed by atoms with E-state index in [1.807, 2.05) is 17.5 Å². The number of anilines is 1. The Balaban J connectivity index is 1.73. The van der Waals surface area contributed by atoms with Crippen LogP contribution < -0.4 is 11.1 Å². The van der Waals surface area contributed by atoms with Crippen LogP contribution in [0, 0.1) is 0 Å². The van der Waals surface area contributed by atoms with E-state index in [9.17, 15) is 9.59 Å². The monoisotopic (exact) mass is 358 g/mol. The van der Waals surface area contributed by atoms with Gasteiger partial charge in [-0.05, 0) is 24.3 Å². The molecule has 2 heterocycles. The molecule has 3 N–H and O–H groups in total. The summed E-state index contributed by atoms with van der Waals surface area (Å²) in [5.74, 6) is -1.01. The molecule has 0 aliphatic carbocycles. The molecule has 24 heavy (non-hydrogen) atoms. The molecule has 0 aliphatic rings. The van der Waals surface area contributed by atoms with Gasteiger partial charge in [0.15, 0.2) is 5.13 Å². The molecule has 3 aromatic rings. The Kier molecular flexibility index (Phi) is 4.54. The molecule has 0 fully saturated rings. The van der Waals surface area contributed by atoms with Gasteiger partial charge in [0.2, 0.25) is 5.91 Å². The van der Waals surface area contributed by atoms with E-state index in [2.05, 4.69) is 15.3 Å². The van der Waals surface area contributed by atoms with E-state index in [0.717, 1.165) is 11.3 Å². The quantitative estimate of drug-likeness (QED) is 0.748. The zero-order valence-electron chi connectivity index (χ0n) is 12.2. The topological polar surface area (TPSA) is 98.0 Å². The molecule has 0 radical (unpaired) electrons. The molecule has 0 aliphatic heterocycles. The van der Waals surface area contributed by atoms with E-state index >= 15 is 0 Å². The first-order chi connectivity index (χ1) is 11.5. The summed E-state index contributed by atoms with van der Waals surface area (Å²) in [6.07, 6.45) is 1.26. The van der Waals surface area contributed by atoms with Gasteiger partial charge in [0.05, 0.1) is 11.3 Å². The third-order valence-electron chi connectivity index (χ3n) is 3.15. The molecule has 0 saturated carbocycles. The zero-order chi connectivity index (χ0) is 17.1. The first-order valence-corrected chi connectivity index (χ1v) is 8.07. The van der Waals surface area contributed by atoms with E-state index in [0.29, 0.717) is 10.2 Å². The summed E-state index contributed by atoms with van der Waals surface area (Å²) in [7, 11) is 0. The predicted octanol–water partition coefficient (Wildman–Crippen LogP) is 3.21. The molecule has 1 aromatic carbocycles. The van der Waals surface area contributed by atoms with Gasteiger partial charge < -0.3 is 5.73 Å². The molecule has 6 nitrogen and oxygen atoms in total. The molecule has 0 saturated heterocycles. The maximum Gasteiger partial charge on any atom is 0.276 e. The van der Waals surface area contributed by atoms with Crippen molar-refractivity contribution in [1.29, 1.82) is 0 Å². The van der Waals surface area contributed by atoms with Crippen molar-refractivity contribution >= 4 is 39.9 Å². The van der Waals surface area contributed by atoms with Gasteiger partial charge in [0.25, 0.3) is 5.91 Å². The van der Waals surface area contributed by atoms with Crippen LogP contribution in [-0.4, -0.2) is 21.8 Å². The zero-order valence-corrected chi connectivity index (χ0v) is 13.8. The van der Waals surface area contributed by atoms with Gasteiger partial charge in [0.1, 0.15) is 5.69 Å². The van der Waals surface area contributed by atoms with Crippen molar-refractivity contribution in [3.63, 3.8) is 0 Å². The highest BCUT2D eigenvalue weighted by molar-refractivity contribution is 7.14. The van der Waals surface area contributed by atoms with Gasteiger partial charge in [-0.2, -0.15) is 0 Å². The number of aromatic nitrogens is 2. The van der Waals surface area contributed by atoms with E-state index in [-0.39, 0.29) is 11.3 Å². The highest BCUT2D eigenvalue weighted by Gasteiger charge is 2.12. The summed E-state index contributed by atoms with van der Waals surface area (Å²) >= 11 is 7.16. The number of nitrogens with two attached hydrogens (primary N) is 1. The Morgan fingerprint density at radius 3 is 2.50 bits per heavy atom. The SMILES string of the molecule is NC(=O)c1ccc(C(=O)Nc2nc(-c3ccc(Cl)cc3)cs2)nc1. The fourth-order valence-corrected chi connectivity index (χ4v) is 2.76. The van der Waals surface area contributed by atoms with Crippen LogP contribution in [0.1, 0.15) is 20.8 Å². The lowest BCUT2D eigenvalue weighted by molar-refractivity contribution is 0.0993. The minimum Gasteiger partial charge on any atom is -0.366 e. The highest BCUT2D eigenvalue weighted by atomic mass is 35.5. The first-order valence-electron chi connectivity index (χ1n) is 6.81. The molecule has 0 spiro atoms. The number of thiazole rings is 1. The number of halogens is 1. The van der Waals surface area contributed by atoms with Gasteiger partial charge in [-0.1, -0.05) is 23.7 Å². The Morgan fingerprint density at radius 1 is 1.12 bits per heavy atom. The number of carbonyl (C=O) groups is 2. The van der Waals surface area contributed by atoms with Crippen molar-refractivity contribution in [3.8, 4) is 11.3 Å². The fourth-order valence-electron chi connectivity index (χ4n) is 1.92. The third kappa shape index (κ3) is 3.58. The van der Waals surface area contributed by atoms with Crippen LogP contribution in [0.5, 0.6) is 0 Å². The number of benzene rings is 1. The lowest BCUT2D eigenvalue weighted by atomic mass is 10.2. The maximum absolute atomic E-state index is 12.1. The maximum atomic E-state index is 12.1. The van der Waals surface area contributed by atoms with E-state index in [1.54, 1.807) is 12.1 Å². The van der Waals surface area contributed by atoms with Crippen LogP contribution in [-0.2, 0) is 0 Å². The third-order valence-corrected chi connectivity index (χ3v) is 4.15. The standard InChI is InChI=1S/C16H11ClN4O2S/c17-11-4-1-9(2-5-11)13-8-24-16(20-13)21-15(23)12-6-3-10(7-19-12)14(18)22/h1-8H,(H2,18,22)(H,20,21,23). The van der Waals surface area contributed by atoms with Gasteiger partial charge in [-0.25, -0.2) is 4.98 Å². The number of hydrogen-bond acceptors (Lipinski definition) is 5. The van der Waals surface area contributed by atoms with E-state index < -0.39 is 11.8 Å². The van der Waals surface area contributed by atoms with Gasteiger partial charge in [-0.3, -0.25) is 19.9 Å². The molecule has 3 rings (SSSR count). The van der Waals surface area contributed by atoms with Crippen LogP contribution in [0.25, 0.3) is 11.3 Å². The number of hydrogen-bond donors (Lipinski definition) is 2. The van der Waals surface area contributed by atoms with Gasteiger partial charge >= 0.3 is 0 Å². The number of primary amides is 1. The number of amides is 2. The molecular weight excluding hydrogens is 348 g/mol. The van der Waals surface area contributed by atoms with Crippen molar-refractivity contribution < 1.29 is 9.59 Å². The molecule has 2 aromatic heterocycles. The first kappa shape index (κ1) is 16.1. The Bertz CT molecular complexity index is 891. The summed E-state index contributed by atoms with van der Waals surface area (Å²) < 4.78 is 0. The second-order valence-corrected chi connectivity index (χ2v) is 6.09. The van der Waals surface area contributed by atoms with E-state index in [4.69, 9.17) is 17.3 Å².